The third-order valence-corrected chi connectivity index (χ3v) is 6.58. The molecule has 3 aromatic rings. The van der Waals surface area contributed by atoms with Gasteiger partial charge in [-0.3, -0.25) is 14.3 Å². The smallest absolute Gasteiger partial charge is 0.261 e. The first-order chi connectivity index (χ1) is 16.7. The van der Waals surface area contributed by atoms with Crippen molar-refractivity contribution in [3.8, 4) is 5.75 Å². The van der Waals surface area contributed by atoms with Crippen LogP contribution < -0.4 is 20.1 Å². The van der Waals surface area contributed by atoms with Crippen LogP contribution in [0.1, 0.15) is 42.6 Å². The summed E-state index contributed by atoms with van der Waals surface area (Å²) in [4.78, 5) is 24.2. The van der Waals surface area contributed by atoms with Gasteiger partial charge in [0.15, 0.2) is 0 Å². The largest absolute Gasteiger partial charge is 0.495 e. The maximum atomic E-state index is 12.9. The Morgan fingerprint density at radius 1 is 0.914 bits per heavy atom. The predicted molar refractivity (Wildman–Crippen MR) is 138 cm³/mol. The molecule has 0 atom stereocenters. The van der Waals surface area contributed by atoms with E-state index in [0.717, 1.165) is 24.8 Å². The number of hydrogen-bond donors (Lipinski definition) is 3. The highest BCUT2D eigenvalue weighted by atomic mass is 32.2. The average molecular weight is 496 g/mol. The van der Waals surface area contributed by atoms with Gasteiger partial charge in [-0.1, -0.05) is 31.5 Å². The van der Waals surface area contributed by atoms with Crippen molar-refractivity contribution < 1.29 is 22.7 Å². The van der Waals surface area contributed by atoms with Gasteiger partial charge in [0, 0.05) is 23.9 Å². The highest BCUT2D eigenvalue weighted by molar-refractivity contribution is 7.92. The van der Waals surface area contributed by atoms with E-state index in [1.807, 2.05) is 12.1 Å². The van der Waals surface area contributed by atoms with E-state index in [2.05, 4.69) is 22.3 Å². The minimum atomic E-state index is -3.91. The molecule has 0 spiro atoms. The molecule has 0 radical (unpaired) electrons. The van der Waals surface area contributed by atoms with Crippen molar-refractivity contribution in [3.63, 3.8) is 0 Å². The van der Waals surface area contributed by atoms with Crippen LogP contribution in [-0.2, 0) is 21.2 Å². The monoisotopic (exact) mass is 495 g/mol. The molecule has 0 aliphatic heterocycles. The molecular weight excluding hydrogens is 466 g/mol. The lowest BCUT2D eigenvalue weighted by atomic mass is 10.1. The van der Waals surface area contributed by atoms with E-state index in [9.17, 15) is 18.0 Å². The van der Waals surface area contributed by atoms with Crippen molar-refractivity contribution in [2.75, 3.05) is 22.5 Å². The number of unbranched alkanes of at least 4 members (excludes halogenated alkanes) is 1. The summed E-state index contributed by atoms with van der Waals surface area (Å²) >= 11 is 0. The quantitative estimate of drug-likeness (QED) is 0.364. The normalized spacial score (nSPS) is 10.9. The summed E-state index contributed by atoms with van der Waals surface area (Å²) in [6.07, 6.45) is 3.11. The molecule has 9 heteroatoms. The first-order valence-corrected chi connectivity index (χ1v) is 12.7. The molecular formula is C26H29N3O5S. The van der Waals surface area contributed by atoms with Crippen molar-refractivity contribution in [2.45, 2.75) is 38.0 Å². The molecule has 8 nitrogen and oxygen atoms in total. The molecule has 3 N–H and O–H groups in total. The van der Waals surface area contributed by atoms with Crippen molar-refractivity contribution in [2.24, 2.45) is 0 Å². The number of ether oxygens (including phenoxy) is 1. The topological polar surface area (TPSA) is 114 Å². The molecule has 184 valence electrons. The number of carbonyl (C=O) groups is 2. The molecule has 0 heterocycles. The lowest BCUT2D eigenvalue weighted by Crippen LogP contribution is -2.16. The van der Waals surface area contributed by atoms with Crippen LogP contribution in [0.25, 0.3) is 0 Å². The molecule has 3 rings (SSSR count). The van der Waals surface area contributed by atoms with Crippen molar-refractivity contribution in [1.29, 1.82) is 0 Å². The number of carbonyl (C=O) groups excluding carboxylic acids is 2. The van der Waals surface area contributed by atoms with Crippen molar-refractivity contribution >= 4 is 38.9 Å². The van der Waals surface area contributed by atoms with E-state index in [1.165, 1.54) is 38.3 Å². The van der Waals surface area contributed by atoms with Crippen LogP contribution in [0.4, 0.5) is 17.1 Å². The van der Waals surface area contributed by atoms with E-state index < -0.39 is 15.9 Å². The van der Waals surface area contributed by atoms with E-state index in [-0.39, 0.29) is 16.4 Å². The fraction of sp³-hybridized carbons (Fsp3) is 0.231. The fourth-order valence-corrected chi connectivity index (χ4v) is 4.52. The second kappa shape index (κ2) is 11.5. The second-order valence-corrected chi connectivity index (χ2v) is 9.67. The van der Waals surface area contributed by atoms with Gasteiger partial charge in [-0.15, -0.1) is 0 Å². The molecule has 2 amide bonds. The predicted octanol–water partition coefficient (Wildman–Crippen LogP) is 5.05. The molecule has 0 aromatic heterocycles. The molecule has 0 aliphatic carbocycles. The van der Waals surface area contributed by atoms with Gasteiger partial charge < -0.3 is 15.4 Å². The Morgan fingerprint density at radius 3 is 2.29 bits per heavy atom. The summed E-state index contributed by atoms with van der Waals surface area (Å²) in [6, 6.07) is 17.8. The van der Waals surface area contributed by atoms with Gasteiger partial charge in [0.25, 0.3) is 15.9 Å². The first kappa shape index (κ1) is 25.8. The van der Waals surface area contributed by atoms with Crippen LogP contribution in [0.15, 0.2) is 71.6 Å². The number of methoxy groups -OCH3 is 1. The van der Waals surface area contributed by atoms with Gasteiger partial charge in [0.2, 0.25) is 5.91 Å². The standard InChI is InChI=1S/C26H29N3O5S/c1-4-5-7-19-10-12-21(13-11-19)29-35(32,33)23-9-6-8-20(16-23)26(31)28-24-17-22(27-18(2)30)14-15-25(24)34-3/h6,8-17,29H,4-5,7H2,1-3H3,(H,27,30)(H,28,31). The Hall–Kier alpha value is -3.85. The van der Waals surface area contributed by atoms with Gasteiger partial charge in [-0.25, -0.2) is 8.42 Å². The van der Waals surface area contributed by atoms with Crippen LogP contribution in [0.5, 0.6) is 5.75 Å². The highest BCUT2D eigenvalue weighted by Crippen LogP contribution is 2.28. The lowest BCUT2D eigenvalue weighted by Gasteiger charge is -2.13. The van der Waals surface area contributed by atoms with Gasteiger partial charge in [0.1, 0.15) is 5.75 Å². The fourth-order valence-electron chi connectivity index (χ4n) is 3.42. The highest BCUT2D eigenvalue weighted by Gasteiger charge is 2.18. The van der Waals surface area contributed by atoms with E-state index in [1.54, 1.807) is 30.3 Å². The summed E-state index contributed by atoms with van der Waals surface area (Å²) in [5.41, 5.74) is 2.55. The Labute approximate surface area is 205 Å². The van der Waals surface area contributed by atoms with Crippen LogP contribution in [0, 0.1) is 0 Å². The Balaban J connectivity index is 1.78. The summed E-state index contributed by atoms with van der Waals surface area (Å²) in [5, 5.41) is 5.35. The second-order valence-electron chi connectivity index (χ2n) is 7.98. The number of sulfonamides is 1. The number of anilines is 3. The molecule has 0 bridgehead atoms. The Morgan fingerprint density at radius 2 is 1.63 bits per heavy atom. The maximum absolute atomic E-state index is 12.9. The van der Waals surface area contributed by atoms with Crippen LogP contribution in [-0.4, -0.2) is 27.3 Å². The van der Waals surface area contributed by atoms with Crippen LogP contribution in [0.2, 0.25) is 0 Å². The first-order valence-electron chi connectivity index (χ1n) is 11.2. The van der Waals surface area contributed by atoms with Crippen LogP contribution >= 0.6 is 0 Å². The number of aryl methyl sites for hydroxylation is 1. The molecule has 0 aliphatic rings. The number of amides is 2. The van der Waals surface area contributed by atoms with Gasteiger partial charge in [-0.05, 0) is 66.9 Å². The van der Waals surface area contributed by atoms with E-state index in [0.29, 0.717) is 22.8 Å². The van der Waals surface area contributed by atoms with E-state index in [4.69, 9.17) is 4.74 Å². The van der Waals surface area contributed by atoms with Gasteiger partial charge in [0.05, 0.1) is 17.7 Å². The zero-order chi connectivity index (χ0) is 25.4. The molecule has 35 heavy (non-hydrogen) atoms. The summed E-state index contributed by atoms with van der Waals surface area (Å²) < 4.78 is 33.7. The lowest BCUT2D eigenvalue weighted by molar-refractivity contribution is -0.114. The summed E-state index contributed by atoms with van der Waals surface area (Å²) in [5.74, 6) is -0.394. The van der Waals surface area contributed by atoms with E-state index >= 15 is 0 Å². The summed E-state index contributed by atoms with van der Waals surface area (Å²) in [6.45, 7) is 3.50. The van der Waals surface area contributed by atoms with Crippen molar-refractivity contribution in [1.82, 2.24) is 0 Å². The Bertz CT molecular complexity index is 1300. The minimum absolute atomic E-state index is 0.0424. The number of nitrogens with one attached hydrogen (secondary N) is 3. The molecule has 0 unspecified atom stereocenters. The third kappa shape index (κ3) is 7.07. The van der Waals surface area contributed by atoms with Gasteiger partial charge >= 0.3 is 0 Å². The minimum Gasteiger partial charge on any atom is -0.495 e. The molecule has 0 fully saturated rings. The molecule has 3 aromatic carbocycles. The third-order valence-electron chi connectivity index (χ3n) is 5.20. The number of benzene rings is 3. The number of hydrogen-bond acceptors (Lipinski definition) is 5. The Kier molecular flexibility index (Phi) is 8.48. The average Bonchev–Trinajstić information content (AvgIpc) is 2.83. The zero-order valence-corrected chi connectivity index (χ0v) is 20.7. The SMILES string of the molecule is CCCCc1ccc(NS(=O)(=O)c2cccc(C(=O)Nc3cc(NC(C)=O)ccc3OC)c2)cc1. The van der Waals surface area contributed by atoms with Gasteiger partial charge in [-0.2, -0.15) is 0 Å². The van der Waals surface area contributed by atoms with Crippen LogP contribution in [0.3, 0.4) is 0 Å². The summed E-state index contributed by atoms with van der Waals surface area (Å²) in [7, 11) is -2.45. The number of rotatable bonds is 10. The maximum Gasteiger partial charge on any atom is 0.261 e. The molecule has 0 saturated carbocycles. The van der Waals surface area contributed by atoms with Crippen molar-refractivity contribution in [3.05, 3.63) is 77.9 Å². The molecule has 0 saturated heterocycles. The zero-order valence-electron chi connectivity index (χ0n) is 19.9.